The lowest BCUT2D eigenvalue weighted by atomic mass is 9.78. The number of benzene rings is 2. The lowest BCUT2D eigenvalue weighted by Gasteiger charge is -2.34. The molecular formula is C25H29ClN4OS. The van der Waals surface area contributed by atoms with Gasteiger partial charge in [-0.2, -0.15) is 0 Å². The van der Waals surface area contributed by atoms with Gasteiger partial charge in [0.2, 0.25) is 5.91 Å². The SMILES string of the molecule is Cc1ccc(-n2c(SCC(=O)N[C@@H]3CCC[C@H](C)[C@@H]3C)nnc2-c2ccc(Cl)cc2)cc1. The molecule has 7 heteroatoms. The van der Waals surface area contributed by atoms with Crippen molar-refractivity contribution in [2.45, 2.75) is 51.2 Å². The number of nitrogens with one attached hydrogen (secondary N) is 1. The van der Waals surface area contributed by atoms with E-state index in [1.807, 2.05) is 41.0 Å². The van der Waals surface area contributed by atoms with Crippen LogP contribution >= 0.6 is 23.4 Å². The van der Waals surface area contributed by atoms with Crippen molar-refractivity contribution in [2.75, 3.05) is 5.75 Å². The van der Waals surface area contributed by atoms with E-state index in [-0.39, 0.29) is 11.9 Å². The highest BCUT2D eigenvalue weighted by Gasteiger charge is 2.28. The summed E-state index contributed by atoms with van der Waals surface area (Å²) in [7, 11) is 0. The largest absolute Gasteiger partial charge is 0.352 e. The number of nitrogens with zero attached hydrogens (tertiary/aromatic N) is 3. The Morgan fingerprint density at radius 1 is 1.09 bits per heavy atom. The molecule has 1 aliphatic rings. The Morgan fingerprint density at radius 3 is 2.53 bits per heavy atom. The minimum absolute atomic E-state index is 0.0486. The van der Waals surface area contributed by atoms with E-state index in [0.717, 1.165) is 23.5 Å². The van der Waals surface area contributed by atoms with E-state index in [1.54, 1.807) is 0 Å². The van der Waals surface area contributed by atoms with Gasteiger partial charge in [0.15, 0.2) is 11.0 Å². The Balaban J connectivity index is 1.55. The van der Waals surface area contributed by atoms with Gasteiger partial charge in [0.05, 0.1) is 5.75 Å². The standard InChI is InChI=1S/C25H29ClN4OS/c1-16-7-13-21(14-8-16)30-24(19-9-11-20(26)12-10-19)28-29-25(30)32-15-23(31)27-22-6-4-5-17(2)18(22)3/h7-14,17-18,22H,4-6,15H2,1-3H3,(H,27,31)/t17-,18-,22+/m0/s1. The van der Waals surface area contributed by atoms with E-state index in [1.165, 1.54) is 30.2 Å². The van der Waals surface area contributed by atoms with Crippen LogP contribution in [-0.4, -0.2) is 32.5 Å². The van der Waals surface area contributed by atoms with E-state index in [9.17, 15) is 4.79 Å². The third-order valence-corrected chi connectivity index (χ3v) is 7.59. The Morgan fingerprint density at radius 2 is 1.81 bits per heavy atom. The Hall–Kier alpha value is -2.31. The number of aromatic nitrogens is 3. The summed E-state index contributed by atoms with van der Waals surface area (Å²) in [5, 5.41) is 13.5. The van der Waals surface area contributed by atoms with E-state index < -0.39 is 0 Å². The van der Waals surface area contributed by atoms with Crippen LogP contribution in [0.4, 0.5) is 0 Å². The van der Waals surface area contributed by atoms with Crippen LogP contribution in [0, 0.1) is 18.8 Å². The number of carbonyl (C=O) groups excluding carboxylic acids is 1. The highest BCUT2D eigenvalue weighted by molar-refractivity contribution is 7.99. The zero-order valence-corrected chi connectivity index (χ0v) is 20.3. The summed E-state index contributed by atoms with van der Waals surface area (Å²) in [6.07, 6.45) is 3.48. The first kappa shape index (κ1) is 22.9. The highest BCUT2D eigenvalue weighted by Crippen LogP contribution is 2.31. The molecule has 32 heavy (non-hydrogen) atoms. The third kappa shape index (κ3) is 5.18. The number of amides is 1. The van der Waals surface area contributed by atoms with Gasteiger partial charge in [0.1, 0.15) is 0 Å². The lowest BCUT2D eigenvalue weighted by Crippen LogP contribution is -2.44. The van der Waals surface area contributed by atoms with Gasteiger partial charge in [0.25, 0.3) is 0 Å². The lowest BCUT2D eigenvalue weighted by molar-refractivity contribution is -0.120. The summed E-state index contributed by atoms with van der Waals surface area (Å²) in [4.78, 5) is 12.7. The molecule has 3 aromatic rings. The van der Waals surface area contributed by atoms with Crippen LogP contribution in [-0.2, 0) is 4.79 Å². The van der Waals surface area contributed by atoms with Gasteiger partial charge in [-0.05, 0) is 61.6 Å². The van der Waals surface area contributed by atoms with Crippen molar-refractivity contribution < 1.29 is 4.79 Å². The van der Waals surface area contributed by atoms with E-state index >= 15 is 0 Å². The van der Waals surface area contributed by atoms with Crippen molar-refractivity contribution in [3.8, 4) is 17.1 Å². The molecule has 1 saturated carbocycles. The summed E-state index contributed by atoms with van der Waals surface area (Å²) >= 11 is 7.49. The summed E-state index contributed by atoms with van der Waals surface area (Å²) in [6.45, 7) is 6.58. The molecule has 0 unspecified atom stereocenters. The van der Waals surface area contributed by atoms with Crippen molar-refractivity contribution in [1.82, 2.24) is 20.1 Å². The second-order valence-corrected chi connectivity index (χ2v) is 10.1. The van der Waals surface area contributed by atoms with Crippen molar-refractivity contribution in [1.29, 1.82) is 0 Å². The van der Waals surface area contributed by atoms with Gasteiger partial charge in [0, 0.05) is 22.3 Å². The van der Waals surface area contributed by atoms with E-state index in [2.05, 4.69) is 48.4 Å². The maximum absolute atomic E-state index is 12.7. The van der Waals surface area contributed by atoms with E-state index in [4.69, 9.17) is 11.6 Å². The van der Waals surface area contributed by atoms with Crippen LogP contribution in [0.2, 0.25) is 5.02 Å². The predicted octanol–water partition coefficient (Wildman–Crippen LogP) is 5.93. The third-order valence-electron chi connectivity index (χ3n) is 6.41. The maximum Gasteiger partial charge on any atom is 0.230 e. The molecule has 1 heterocycles. The maximum atomic E-state index is 12.7. The van der Waals surface area contributed by atoms with Crippen LogP contribution in [0.1, 0.15) is 38.7 Å². The summed E-state index contributed by atoms with van der Waals surface area (Å²) in [5.41, 5.74) is 3.06. The van der Waals surface area contributed by atoms with Crippen LogP contribution in [0.15, 0.2) is 53.7 Å². The van der Waals surface area contributed by atoms with Gasteiger partial charge < -0.3 is 5.32 Å². The number of aryl methyl sites for hydroxylation is 1. The van der Waals surface area contributed by atoms with Crippen LogP contribution in [0.3, 0.4) is 0 Å². The van der Waals surface area contributed by atoms with Gasteiger partial charge in [-0.15, -0.1) is 10.2 Å². The molecular weight excluding hydrogens is 440 g/mol. The molecule has 5 nitrogen and oxygen atoms in total. The van der Waals surface area contributed by atoms with Crippen LogP contribution in [0.5, 0.6) is 0 Å². The molecule has 1 aromatic heterocycles. The summed E-state index contributed by atoms with van der Waals surface area (Å²) in [6, 6.07) is 16.0. The number of thioether (sulfide) groups is 1. The fraction of sp³-hybridized carbons (Fsp3) is 0.400. The molecule has 0 saturated heterocycles. The molecule has 4 rings (SSSR count). The van der Waals surface area contributed by atoms with Crippen molar-refractivity contribution in [3.05, 3.63) is 59.1 Å². The Kier molecular flexibility index (Phi) is 7.21. The average molecular weight is 469 g/mol. The monoisotopic (exact) mass is 468 g/mol. The molecule has 1 fully saturated rings. The minimum Gasteiger partial charge on any atom is -0.352 e. The minimum atomic E-state index is 0.0486. The highest BCUT2D eigenvalue weighted by atomic mass is 35.5. The molecule has 0 spiro atoms. The fourth-order valence-electron chi connectivity index (χ4n) is 4.24. The average Bonchev–Trinajstić information content (AvgIpc) is 3.20. The van der Waals surface area contributed by atoms with Crippen molar-refractivity contribution >= 4 is 29.3 Å². The summed E-state index contributed by atoms with van der Waals surface area (Å²) in [5.74, 6) is 2.23. The number of halogens is 1. The molecule has 1 aliphatic carbocycles. The molecule has 2 aromatic carbocycles. The molecule has 1 amide bonds. The number of carbonyl (C=O) groups is 1. The van der Waals surface area contributed by atoms with Gasteiger partial charge in [-0.1, -0.05) is 67.7 Å². The first-order valence-electron chi connectivity index (χ1n) is 11.1. The Bertz CT molecular complexity index is 1060. The first-order valence-corrected chi connectivity index (χ1v) is 12.5. The first-order chi connectivity index (χ1) is 15.4. The topological polar surface area (TPSA) is 59.8 Å². The van der Waals surface area contributed by atoms with Gasteiger partial charge in [-0.3, -0.25) is 9.36 Å². The molecule has 1 N–H and O–H groups in total. The number of hydrogen-bond donors (Lipinski definition) is 1. The van der Waals surface area contributed by atoms with Gasteiger partial charge >= 0.3 is 0 Å². The normalized spacial score (nSPS) is 20.8. The molecule has 0 aliphatic heterocycles. The van der Waals surface area contributed by atoms with Crippen LogP contribution in [0.25, 0.3) is 17.1 Å². The van der Waals surface area contributed by atoms with Crippen molar-refractivity contribution in [3.63, 3.8) is 0 Å². The fourth-order valence-corrected chi connectivity index (χ4v) is 5.13. The quantitative estimate of drug-likeness (QED) is 0.455. The molecule has 0 radical (unpaired) electrons. The number of hydrogen-bond acceptors (Lipinski definition) is 4. The predicted molar refractivity (Wildman–Crippen MR) is 131 cm³/mol. The molecule has 168 valence electrons. The second-order valence-electron chi connectivity index (χ2n) is 8.71. The van der Waals surface area contributed by atoms with Gasteiger partial charge in [-0.25, -0.2) is 0 Å². The van der Waals surface area contributed by atoms with Crippen molar-refractivity contribution in [2.24, 2.45) is 11.8 Å². The van der Waals surface area contributed by atoms with Crippen LogP contribution < -0.4 is 5.32 Å². The molecule has 3 atom stereocenters. The Labute approximate surface area is 199 Å². The number of rotatable bonds is 6. The second kappa shape index (κ2) is 10.1. The zero-order chi connectivity index (χ0) is 22.7. The van der Waals surface area contributed by atoms with E-state index in [0.29, 0.717) is 27.8 Å². The zero-order valence-electron chi connectivity index (χ0n) is 18.7. The smallest absolute Gasteiger partial charge is 0.230 e. The summed E-state index contributed by atoms with van der Waals surface area (Å²) < 4.78 is 2.01. The molecule has 0 bridgehead atoms.